The van der Waals surface area contributed by atoms with E-state index in [4.69, 9.17) is 16.3 Å². The van der Waals surface area contributed by atoms with E-state index in [0.29, 0.717) is 0 Å². The van der Waals surface area contributed by atoms with Crippen LogP contribution in [0.4, 0.5) is 16.2 Å². The molecule has 0 aliphatic heterocycles. The van der Waals surface area contributed by atoms with Crippen LogP contribution in [0.25, 0.3) is 0 Å². The molecule has 0 saturated carbocycles. The van der Waals surface area contributed by atoms with Crippen LogP contribution in [0.3, 0.4) is 0 Å². The largest absolute Gasteiger partial charge is 0.444 e. The minimum Gasteiger partial charge on any atom is -0.444 e. The zero-order valence-corrected chi connectivity index (χ0v) is 10.8. The Bertz CT molecular complexity index is 485. The van der Waals surface area contributed by atoms with E-state index in [1.165, 1.54) is 12.3 Å². The Morgan fingerprint density at radius 2 is 2.17 bits per heavy atom. The van der Waals surface area contributed by atoms with E-state index in [1.54, 1.807) is 20.8 Å². The monoisotopic (exact) mass is 273 g/mol. The summed E-state index contributed by atoms with van der Waals surface area (Å²) in [5, 5.41) is 12.8. The number of ether oxygens (including phenoxy) is 1. The van der Waals surface area contributed by atoms with E-state index in [-0.39, 0.29) is 10.8 Å². The van der Waals surface area contributed by atoms with Crippen molar-refractivity contribution in [1.29, 1.82) is 0 Å². The first-order valence-corrected chi connectivity index (χ1v) is 5.37. The number of aromatic nitrogens is 1. The van der Waals surface area contributed by atoms with Crippen LogP contribution in [-0.2, 0) is 4.74 Å². The maximum Gasteiger partial charge on any atom is 0.412 e. The summed E-state index contributed by atoms with van der Waals surface area (Å²) in [4.78, 5) is 25.1. The number of hydrogen-bond acceptors (Lipinski definition) is 5. The molecule has 7 nitrogen and oxygen atoms in total. The number of carbonyl (C=O) groups excluding carboxylic acids is 1. The van der Waals surface area contributed by atoms with Crippen molar-refractivity contribution in [2.45, 2.75) is 26.4 Å². The van der Waals surface area contributed by atoms with Crippen molar-refractivity contribution in [2.75, 3.05) is 5.32 Å². The van der Waals surface area contributed by atoms with Gasteiger partial charge in [0.05, 0.1) is 4.92 Å². The van der Waals surface area contributed by atoms with E-state index in [9.17, 15) is 14.9 Å². The first kappa shape index (κ1) is 14.2. The molecule has 0 unspecified atom stereocenters. The number of halogens is 1. The molecule has 0 fully saturated rings. The van der Waals surface area contributed by atoms with Gasteiger partial charge in [0.25, 0.3) is 0 Å². The Morgan fingerprint density at radius 1 is 1.56 bits per heavy atom. The molecule has 0 aliphatic carbocycles. The molecular weight excluding hydrogens is 262 g/mol. The zero-order chi connectivity index (χ0) is 13.9. The first-order valence-electron chi connectivity index (χ1n) is 4.99. The van der Waals surface area contributed by atoms with Crippen LogP contribution in [0, 0.1) is 10.1 Å². The number of amides is 1. The van der Waals surface area contributed by atoms with Gasteiger partial charge in [-0.3, -0.25) is 15.4 Å². The van der Waals surface area contributed by atoms with E-state index in [0.717, 1.165) is 0 Å². The SMILES string of the molecule is CC(C)(C)OC(=O)Nc1ccnc(Cl)c1[N+](=O)[O-]. The van der Waals surface area contributed by atoms with Crippen molar-refractivity contribution in [3.63, 3.8) is 0 Å². The van der Waals surface area contributed by atoms with Gasteiger partial charge in [-0.15, -0.1) is 0 Å². The normalized spacial score (nSPS) is 10.9. The molecule has 0 spiro atoms. The van der Waals surface area contributed by atoms with Gasteiger partial charge in [0.15, 0.2) is 0 Å². The van der Waals surface area contributed by atoms with Gasteiger partial charge >= 0.3 is 11.8 Å². The van der Waals surface area contributed by atoms with Crippen LogP contribution in [0.5, 0.6) is 0 Å². The summed E-state index contributed by atoms with van der Waals surface area (Å²) in [6, 6.07) is 1.27. The van der Waals surface area contributed by atoms with E-state index < -0.39 is 22.3 Å². The molecule has 1 amide bonds. The molecule has 1 heterocycles. The highest BCUT2D eigenvalue weighted by atomic mass is 35.5. The van der Waals surface area contributed by atoms with Gasteiger partial charge in [-0.25, -0.2) is 9.78 Å². The summed E-state index contributed by atoms with van der Waals surface area (Å²) in [7, 11) is 0. The lowest BCUT2D eigenvalue weighted by molar-refractivity contribution is -0.384. The number of hydrogen-bond donors (Lipinski definition) is 1. The van der Waals surface area contributed by atoms with Crippen LogP contribution < -0.4 is 5.32 Å². The van der Waals surface area contributed by atoms with Gasteiger partial charge in [0, 0.05) is 6.20 Å². The predicted molar refractivity (Wildman–Crippen MR) is 65.8 cm³/mol. The second kappa shape index (κ2) is 5.18. The number of rotatable bonds is 2. The number of anilines is 1. The summed E-state index contributed by atoms with van der Waals surface area (Å²) in [6.07, 6.45) is 0.454. The maximum absolute atomic E-state index is 11.5. The lowest BCUT2D eigenvalue weighted by Gasteiger charge is -2.19. The molecule has 0 aliphatic rings. The molecule has 0 saturated heterocycles. The van der Waals surface area contributed by atoms with Crippen molar-refractivity contribution >= 4 is 29.1 Å². The lowest BCUT2D eigenvalue weighted by Crippen LogP contribution is -2.27. The van der Waals surface area contributed by atoms with Crippen LogP contribution in [0.1, 0.15) is 20.8 Å². The van der Waals surface area contributed by atoms with Gasteiger partial charge in [-0.2, -0.15) is 0 Å². The fraction of sp³-hybridized carbons (Fsp3) is 0.400. The first-order chi connectivity index (χ1) is 8.20. The molecule has 8 heteroatoms. The number of nitrogens with zero attached hydrogens (tertiary/aromatic N) is 2. The van der Waals surface area contributed by atoms with Gasteiger partial charge in [-0.05, 0) is 26.8 Å². The third-order valence-electron chi connectivity index (χ3n) is 1.70. The predicted octanol–water partition coefficient (Wildman–Crippen LogP) is 2.99. The van der Waals surface area contributed by atoms with Crippen LogP contribution in [0.15, 0.2) is 12.3 Å². The Kier molecular flexibility index (Phi) is 4.07. The summed E-state index contributed by atoms with van der Waals surface area (Å²) >= 11 is 5.60. The standard InChI is InChI=1S/C10H12ClN3O4/c1-10(2,3)18-9(15)13-6-4-5-12-8(11)7(6)14(16)17/h4-5H,1-3H3,(H,12,13,15). The Labute approximate surface area is 108 Å². The van der Waals surface area contributed by atoms with Gasteiger partial charge < -0.3 is 4.74 Å². The molecule has 18 heavy (non-hydrogen) atoms. The van der Waals surface area contributed by atoms with Gasteiger partial charge in [0.1, 0.15) is 11.3 Å². The van der Waals surface area contributed by atoms with E-state index in [1.807, 2.05) is 0 Å². The summed E-state index contributed by atoms with van der Waals surface area (Å²) in [6.45, 7) is 5.04. The summed E-state index contributed by atoms with van der Waals surface area (Å²) in [5.74, 6) is 0. The summed E-state index contributed by atoms with van der Waals surface area (Å²) < 4.78 is 4.98. The van der Waals surface area contributed by atoms with Crippen LogP contribution >= 0.6 is 11.6 Å². The number of carbonyl (C=O) groups is 1. The Hall–Kier alpha value is -1.89. The van der Waals surface area contributed by atoms with Crippen molar-refractivity contribution in [3.8, 4) is 0 Å². The summed E-state index contributed by atoms with van der Waals surface area (Å²) in [5.41, 5.74) is -1.23. The molecule has 0 aromatic carbocycles. The second-order valence-corrected chi connectivity index (χ2v) is 4.74. The van der Waals surface area contributed by atoms with Crippen molar-refractivity contribution in [3.05, 3.63) is 27.5 Å². The van der Waals surface area contributed by atoms with E-state index in [2.05, 4.69) is 10.3 Å². The number of nitrogens with one attached hydrogen (secondary N) is 1. The zero-order valence-electron chi connectivity index (χ0n) is 10.1. The molecular formula is C10H12ClN3O4. The highest BCUT2D eigenvalue weighted by molar-refractivity contribution is 6.32. The molecule has 98 valence electrons. The topological polar surface area (TPSA) is 94.4 Å². The molecule has 0 atom stereocenters. The average Bonchev–Trinajstić information content (AvgIpc) is 2.13. The minimum atomic E-state index is -0.798. The lowest BCUT2D eigenvalue weighted by atomic mass is 10.2. The average molecular weight is 274 g/mol. The highest BCUT2D eigenvalue weighted by Crippen LogP contribution is 2.30. The second-order valence-electron chi connectivity index (χ2n) is 4.38. The van der Waals surface area contributed by atoms with Gasteiger partial charge in [-0.1, -0.05) is 11.6 Å². The number of nitro groups is 1. The maximum atomic E-state index is 11.5. The molecule has 1 rings (SSSR count). The Balaban J connectivity index is 2.95. The van der Waals surface area contributed by atoms with Crippen LogP contribution in [-0.4, -0.2) is 21.6 Å². The third-order valence-corrected chi connectivity index (χ3v) is 1.97. The molecule has 1 aromatic heterocycles. The van der Waals surface area contributed by atoms with Crippen molar-refractivity contribution in [2.24, 2.45) is 0 Å². The molecule has 1 aromatic rings. The third kappa shape index (κ3) is 3.85. The molecule has 1 N–H and O–H groups in total. The Morgan fingerprint density at radius 3 is 2.67 bits per heavy atom. The van der Waals surface area contributed by atoms with Crippen molar-refractivity contribution < 1.29 is 14.5 Å². The molecule has 0 radical (unpaired) electrons. The minimum absolute atomic E-state index is 0.0609. The highest BCUT2D eigenvalue weighted by Gasteiger charge is 2.23. The smallest absolute Gasteiger partial charge is 0.412 e. The fourth-order valence-corrected chi connectivity index (χ4v) is 1.34. The van der Waals surface area contributed by atoms with Crippen molar-refractivity contribution in [1.82, 2.24) is 4.98 Å². The molecule has 0 bridgehead atoms. The fourth-order valence-electron chi connectivity index (χ4n) is 1.12. The quantitative estimate of drug-likeness (QED) is 0.508. The van der Waals surface area contributed by atoms with Gasteiger partial charge in [0.2, 0.25) is 5.15 Å². The number of pyridine rings is 1. The van der Waals surface area contributed by atoms with Crippen LogP contribution in [0.2, 0.25) is 5.15 Å². The van der Waals surface area contributed by atoms with E-state index >= 15 is 0 Å².